The van der Waals surface area contributed by atoms with E-state index in [1.165, 1.54) is 30.3 Å². The van der Waals surface area contributed by atoms with Gasteiger partial charge in [0.25, 0.3) is 11.6 Å². The lowest BCUT2D eigenvalue weighted by Gasteiger charge is -2.07. The molecule has 0 saturated carbocycles. The van der Waals surface area contributed by atoms with Crippen LogP contribution in [0.15, 0.2) is 36.4 Å². The van der Waals surface area contributed by atoms with Crippen molar-refractivity contribution in [2.24, 2.45) is 0 Å². The predicted molar refractivity (Wildman–Crippen MR) is 76.6 cm³/mol. The molecule has 0 unspecified atom stereocenters. The molecule has 108 valence electrons. The lowest BCUT2D eigenvalue weighted by Crippen LogP contribution is -2.12. The van der Waals surface area contributed by atoms with Crippen LogP contribution in [0.3, 0.4) is 0 Å². The number of carbonyl (C=O) groups is 1. The van der Waals surface area contributed by atoms with Crippen molar-refractivity contribution in [3.8, 4) is 0 Å². The highest BCUT2D eigenvalue weighted by molar-refractivity contribution is 6.04. The molecule has 6 nitrogen and oxygen atoms in total. The van der Waals surface area contributed by atoms with Gasteiger partial charge in [0.1, 0.15) is 5.82 Å². The van der Waals surface area contributed by atoms with Crippen LogP contribution >= 0.6 is 0 Å². The van der Waals surface area contributed by atoms with E-state index in [1.807, 2.05) is 0 Å². The molecule has 0 fully saturated rings. The second-order valence-electron chi connectivity index (χ2n) is 4.45. The Hall–Kier alpha value is -2.96. The fraction of sp³-hybridized carbons (Fsp3) is 0.0714. The smallest absolute Gasteiger partial charge is 0.272 e. The number of nitrogens with two attached hydrogens (primary N) is 1. The van der Waals surface area contributed by atoms with Crippen molar-refractivity contribution in [1.82, 2.24) is 0 Å². The van der Waals surface area contributed by atoms with Crippen LogP contribution in [0.4, 0.5) is 21.5 Å². The zero-order chi connectivity index (χ0) is 15.6. The molecular weight excluding hydrogens is 277 g/mol. The molecule has 0 atom stereocenters. The number of halogens is 1. The minimum absolute atomic E-state index is 0.0356. The van der Waals surface area contributed by atoms with Gasteiger partial charge in [0.15, 0.2) is 0 Å². The van der Waals surface area contributed by atoms with Crippen molar-refractivity contribution >= 4 is 23.0 Å². The van der Waals surface area contributed by atoms with Gasteiger partial charge in [-0.05, 0) is 37.3 Å². The van der Waals surface area contributed by atoms with Crippen molar-refractivity contribution in [2.75, 3.05) is 11.1 Å². The number of aryl methyl sites for hydroxylation is 1. The number of hydrogen-bond donors (Lipinski definition) is 2. The van der Waals surface area contributed by atoms with Crippen LogP contribution in [-0.4, -0.2) is 10.8 Å². The van der Waals surface area contributed by atoms with Crippen LogP contribution < -0.4 is 11.1 Å². The van der Waals surface area contributed by atoms with Crippen molar-refractivity contribution in [2.45, 2.75) is 6.92 Å². The largest absolute Gasteiger partial charge is 0.396 e. The Morgan fingerprint density at radius 1 is 1.29 bits per heavy atom. The van der Waals surface area contributed by atoms with E-state index in [9.17, 15) is 19.3 Å². The fourth-order valence-electron chi connectivity index (χ4n) is 1.81. The number of nitrogens with zero attached hydrogens (tertiary/aromatic N) is 1. The van der Waals surface area contributed by atoms with Gasteiger partial charge in [0, 0.05) is 22.9 Å². The summed E-state index contributed by atoms with van der Waals surface area (Å²) in [6, 6.07) is 7.91. The lowest BCUT2D eigenvalue weighted by atomic mass is 10.1. The topological polar surface area (TPSA) is 98.3 Å². The summed E-state index contributed by atoms with van der Waals surface area (Å²) in [5.41, 5.74) is 6.17. The van der Waals surface area contributed by atoms with E-state index in [-0.39, 0.29) is 16.9 Å². The Bertz CT molecular complexity index is 731. The van der Waals surface area contributed by atoms with Gasteiger partial charge in [-0.15, -0.1) is 0 Å². The monoisotopic (exact) mass is 289 g/mol. The quantitative estimate of drug-likeness (QED) is 0.515. The number of hydrogen-bond acceptors (Lipinski definition) is 4. The third-order valence-electron chi connectivity index (χ3n) is 2.91. The van der Waals surface area contributed by atoms with Crippen molar-refractivity contribution < 1.29 is 14.1 Å². The first kappa shape index (κ1) is 14.4. The maximum absolute atomic E-state index is 13.3. The first-order valence-electron chi connectivity index (χ1n) is 6.00. The molecule has 2 rings (SSSR count). The molecule has 0 spiro atoms. The summed E-state index contributed by atoms with van der Waals surface area (Å²) in [6.07, 6.45) is 0. The molecule has 0 saturated heterocycles. The molecule has 0 aromatic heterocycles. The molecule has 2 aromatic carbocycles. The Morgan fingerprint density at radius 3 is 2.57 bits per heavy atom. The zero-order valence-corrected chi connectivity index (χ0v) is 11.1. The van der Waals surface area contributed by atoms with E-state index >= 15 is 0 Å². The third kappa shape index (κ3) is 3.14. The molecule has 2 aromatic rings. The third-order valence-corrected chi connectivity index (χ3v) is 2.91. The van der Waals surface area contributed by atoms with Crippen molar-refractivity contribution in [3.63, 3.8) is 0 Å². The number of rotatable bonds is 3. The highest BCUT2D eigenvalue weighted by Gasteiger charge is 2.13. The molecule has 7 heteroatoms. The second-order valence-corrected chi connectivity index (χ2v) is 4.45. The summed E-state index contributed by atoms with van der Waals surface area (Å²) in [4.78, 5) is 22.2. The van der Waals surface area contributed by atoms with Gasteiger partial charge in [-0.25, -0.2) is 4.39 Å². The number of carbonyl (C=O) groups excluding carboxylic acids is 1. The van der Waals surface area contributed by atoms with Gasteiger partial charge in [-0.2, -0.15) is 0 Å². The summed E-state index contributed by atoms with van der Waals surface area (Å²) in [6.45, 7) is 1.57. The van der Waals surface area contributed by atoms with Gasteiger partial charge >= 0.3 is 0 Å². The van der Waals surface area contributed by atoms with Gasteiger partial charge < -0.3 is 11.1 Å². The maximum Gasteiger partial charge on any atom is 0.272 e. The number of nitro benzene ring substituents is 1. The first-order valence-corrected chi connectivity index (χ1v) is 6.00. The predicted octanol–water partition coefficient (Wildman–Crippen LogP) is 2.88. The standard InChI is InChI=1S/C14H12FN3O3/c1-8-6-10(3-5-13(8)18(20)21)17-14(19)9-2-4-12(16)11(15)7-9/h2-7H,16H2,1H3,(H,17,19). The average Bonchev–Trinajstić information content (AvgIpc) is 2.41. The molecule has 0 aliphatic carbocycles. The molecule has 3 N–H and O–H groups in total. The number of nitrogen functional groups attached to an aromatic ring is 1. The number of nitro groups is 1. The minimum Gasteiger partial charge on any atom is -0.396 e. The van der Waals surface area contributed by atoms with Crippen LogP contribution in [0.1, 0.15) is 15.9 Å². The summed E-state index contributed by atoms with van der Waals surface area (Å²) in [5, 5.41) is 13.3. The molecule has 0 aliphatic heterocycles. The summed E-state index contributed by atoms with van der Waals surface area (Å²) >= 11 is 0. The SMILES string of the molecule is Cc1cc(NC(=O)c2ccc(N)c(F)c2)ccc1[N+](=O)[O-]. The summed E-state index contributed by atoms with van der Waals surface area (Å²) in [5.74, 6) is -1.20. The number of amides is 1. The van der Waals surface area contributed by atoms with Crippen molar-refractivity contribution in [1.29, 1.82) is 0 Å². The Balaban J connectivity index is 2.21. The lowest BCUT2D eigenvalue weighted by molar-refractivity contribution is -0.385. The van der Waals surface area contributed by atoms with E-state index in [0.717, 1.165) is 6.07 Å². The highest BCUT2D eigenvalue weighted by Crippen LogP contribution is 2.22. The summed E-state index contributed by atoms with van der Waals surface area (Å²) in [7, 11) is 0. The van der Waals surface area contributed by atoms with Gasteiger partial charge in [-0.1, -0.05) is 0 Å². The van der Waals surface area contributed by atoms with Crippen LogP contribution in [0, 0.1) is 22.9 Å². The van der Waals surface area contributed by atoms with Gasteiger partial charge in [-0.3, -0.25) is 14.9 Å². The molecule has 0 aliphatic rings. The van der Waals surface area contributed by atoms with E-state index in [4.69, 9.17) is 5.73 Å². The van der Waals surface area contributed by atoms with E-state index in [2.05, 4.69) is 5.32 Å². The Labute approximate surface area is 119 Å². The first-order chi connectivity index (χ1) is 9.88. The Kier molecular flexibility index (Phi) is 3.84. The average molecular weight is 289 g/mol. The molecular formula is C14H12FN3O3. The van der Waals surface area contributed by atoms with Crippen LogP contribution in [-0.2, 0) is 0 Å². The minimum atomic E-state index is -0.678. The number of benzene rings is 2. The van der Waals surface area contributed by atoms with Crippen LogP contribution in [0.5, 0.6) is 0 Å². The molecule has 0 radical (unpaired) electrons. The van der Waals surface area contributed by atoms with E-state index < -0.39 is 16.6 Å². The molecule has 1 amide bonds. The van der Waals surface area contributed by atoms with E-state index in [1.54, 1.807) is 6.92 Å². The van der Waals surface area contributed by atoms with Crippen LogP contribution in [0.25, 0.3) is 0 Å². The second kappa shape index (κ2) is 5.58. The molecule has 0 heterocycles. The molecule has 21 heavy (non-hydrogen) atoms. The van der Waals surface area contributed by atoms with Gasteiger partial charge in [0.2, 0.25) is 0 Å². The van der Waals surface area contributed by atoms with Crippen LogP contribution in [0.2, 0.25) is 0 Å². The van der Waals surface area contributed by atoms with E-state index in [0.29, 0.717) is 11.3 Å². The maximum atomic E-state index is 13.3. The highest BCUT2D eigenvalue weighted by atomic mass is 19.1. The number of nitrogens with one attached hydrogen (secondary N) is 1. The van der Waals surface area contributed by atoms with Crippen molar-refractivity contribution in [3.05, 3.63) is 63.5 Å². The molecule has 0 bridgehead atoms. The number of anilines is 2. The normalized spacial score (nSPS) is 10.2. The fourth-order valence-corrected chi connectivity index (χ4v) is 1.81. The summed E-state index contributed by atoms with van der Waals surface area (Å²) < 4.78 is 13.3. The Morgan fingerprint density at radius 2 is 2.00 bits per heavy atom. The van der Waals surface area contributed by atoms with Gasteiger partial charge in [0.05, 0.1) is 10.6 Å². The zero-order valence-electron chi connectivity index (χ0n) is 11.1.